The first kappa shape index (κ1) is 18.1. The maximum atomic E-state index is 12.8. The normalized spacial score (nSPS) is 24.5. The lowest BCUT2D eigenvalue weighted by atomic mass is 9.85. The van der Waals surface area contributed by atoms with Crippen molar-refractivity contribution in [2.75, 3.05) is 13.7 Å². The minimum atomic E-state index is -0.955. The average molecular weight is 358 g/mol. The van der Waals surface area contributed by atoms with Crippen molar-refractivity contribution in [3.05, 3.63) is 23.8 Å². The summed E-state index contributed by atoms with van der Waals surface area (Å²) in [5.41, 5.74) is 0.427. The Labute approximate surface area is 152 Å². The van der Waals surface area contributed by atoms with E-state index in [-0.39, 0.29) is 24.5 Å². The minimum Gasteiger partial charge on any atom is -0.493 e. The highest BCUT2D eigenvalue weighted by Crippen LogP contribution is 2.40. The molecule has 1 amide bonds. The summed E-state index contributed by atoms with van der Waals surface area (Å²) in [7, 11) is 1.46. The monoisotopic (exact) mass is 358 g/mol. The van der Waals surface area contributed by atoms with Crippen molar-refractivity contribution >= 4 is 11.9 Å². The van der Waals surface area contributed by atoms with Crippen molar-refractivity contribution in [3.63, 3.8) is 0 Å². The van der Waals surface area contributed by atoms with Crippen LogP contribution in [0.1, 0.15) is 37.7 Å². The number of amides is 1. The predicted molar refractivity (Wildman–Crippen MR) is 91.8 cm³/mol. The lowest BCUT2D eigenvalue weighted by molar-refractivity contribution is -0.150. The second-order valence-corrected chi connectivity index (χ2v) is 6.77. The number of benzene rings is 1. The van der Waals surface area contributed by atoms with Gasteiger partial charge in [-0.15, -0.1) is 0 Å². The van der Waals surface area contributed by atoms with Gasteiger partial charge < -0.3 is 19.5 Å². The van der Waals surface area contributed by atoms with E-state index < -0.39 is 12.0 Å². The summed E-state index contributed by atoms with van der Waals surface area (Å²) in [4.78, 5) is 25.9. The molecule has 1 saturated heterocycles. The number of fused-ring (bicyclic) bond motifs is 1. The molecule has 1 aromatic carbocycles. The molecular weight excluding hydrogens is 336 g/mol. The molecule has 0 bridgehead atoms. The van der Waals surface area contributed by atoms with E-state index in [2.05, 4.69) is 0 Å². The Morgan fingerprint density at radius 1 is 1.31 bits per heavy atom. The number of carboxylic acids is 1. The van der Waals surface area contributed by atoms with Gasteiger partial charge in [0.05, 0.1) is 18.7 Å². The maximum absolute atomic E-state index is 12.8. The third kappa shape index (κ3) is 3.45. The third-order valence-corrected chi connectivity index (χ3v) is 5.30. The Kier molecular flexibility index (Phi) is 5.31. The molecule has 1 aliphatic heterocycles. The molecule has 3 atom stereocenters. The van der Waals surface area contributed by atoms with Crippen LogP contribution in [0.5, 0.6) is 11.5 Å². The Balaban J connectivity index is 1.72. The molecule has 7 heteroatoms. The first-order valence-electron chi connectivity index (χ1n) is 8.80. The van der Waals surface area contributed by atoms with E-state index in [9.17, 15) is 14.7 Å². The number of carboxylic acid groups (broad SMARTS) is 1. The van der Waals surface area contributed by atoms with Crippen molar-refractivity contribution in [1.29, 1.82) is 5.26 Å². The van der Waals surface area contributed by atoms with Crippen LogP contribution in [-0.4, -0.2) is 47.7 Å². The third-order valence-electron chi connectivity index (χ3n) is 5.30. The Hall–Kier alpha value is -2.75. The fourth-order valence-corrected chi connectivity index (χ4v) is 4.11. The number of rotatable bonds is 5. The van der Waals surface area contributed by atoms with Crippen molar-refractivity contribution < 1.29 is 24.2 Å². The highest BCUT2D eigenvalue weighted by Gasteiger charge is 2.47. The van der Waals surface area contributed by atoms with E-state index in [1.54, 1.807) is 12.1 Å². The zero-order valence-electron chi connectivity index (χ0n) is 14.7. The number of ether oxygens (including phenoxy) is 2. The number of likely N-dealkylation sites (tertiary alicyclic amines) is 1. The minimum absolute atomic E-state index is 0.0104. The van der Waals surface area contributed by atoms with Gasteiger partial charge in [0, 0.05) is 12.1 Å². The molecule has 26 heavy (non-hydrogen) atoms. The molecule has 0 radical (unpaired) electrons. The molecule has 1 N–H and O–H groups in total. The summed E-state index contributed by atoms with van der Waals surface area (Å²) in [6.45, 7) is -0.255. The average Bonchev–Trinajstić information content (AvgIpc) is 3.06. The molecule has 0 spiro atoms. The van der Waals surface area contributed by atoms with Crippen LogP contribution in [-0.2, 0) is 9.59 Å². The van der Waals surface area contributed by atoms with Crippen LogP contribution in [0.2, 0.25) is 0 Å². The zero-order valence-corrected chi connectivity index (χ0v) is 14.7. The van der Waals surface area contributed by atoms with Gasteiger partial charge in [0.15, 0.2) is 18.1 Å². The SMILES string of the molecule is COc1cc(C#N)ccc1OCC(=O)N1[C@H](C(=O)O)C[C@H]2CCCC[C@@H]21. The van der Waals surface area contributed by atoms with Gasteiger partial charge >= 0.3 is 5.97 Å². The van der Waals surface area contributed by atoms with E-state index in [0.29, 0.717) is 23.5 Å². The number of hydrogen-bond acceptors (Lipinski definition) is 5. The Morgan fingerprint density at radius 2 is 2.08 bits per heavy atom. The summed E-state index contributed by atoms with van der Waals surface area (Å²) < 4.78 is 10.8. The summed E-state index contributed by atoms with van der Waals surface area (Å²) in [6.07, 6.45) is 4.45. The van der Waals surface area contributed by atoms with E-state index >= 15 is 0 Å². The number of aliphatic carboxylic acids is 1. The van der Waals surface area contributed by atoms with Crippen LogP contribution >= 0.6 is 0 Å². The first-order valence-corrected chi connectivity index (χ1v) is 8.80. The van der Waals surface area contributed by atoms with Crippen LogP contribution < -0.4 is 9.47 Å². The summed E-state index contributed by atoms with van der Waals surface area (Å²) in [5.74, 6) is -0.296. The fraction of sp³-hybridized carbons (Fsp3) is 0.526. The number of nitrogens with zero attached hydrogens (tertiary/aromatic N) is 2. The number of hydrogen-bond donors (Lipinski definition) is 1. The summed E-state index contributed by atoms with van der Waals surface area (Å²) in [6, 6.07) is 5.92. The Morgan fingerprint density at radius 3 is 2.77 bits per heavy atom. The topological polar surface area (TPSA) is 99.9 Å². The van der Waals surface area contributed by atoms with Crippen LogP contribution in [0.4, 0.5) is 0 Å². The van der Waals surface area contributed by atoms with Crippen LogP contribution in [0.25, 0.3) is 0 Å². The lowest BCUT2D eigenvalue weighted by Crippen LogP contribution is -2.48. The van der Waals surface area contributed by atoms with Gasteiger partial charge in [-0.3, -0.25) is 4.79 Å². The Bertz CT molecular complexity index is 742. The molecule has 138 valence electrons. The summed E-state index contributed by atoms with van der Waals surface area (Å²) >= 11 is 0. The van der Waals surface area contributed by atoms with E-state index in [0.717, 1.165) is 25.7 Å². The molecular formula is C19H22N2O5. The predicted octanol–water partition coefficient (Wildman–Crippen LogP) is 2.19. The first-order chi connectivity index (χ1) is 12.5. The molecule has 3 rings (SSSR count). The number of methoxy groups -OCH3 is 1. The van der Waals surface area contributed by atoms with Crippen LogP contribution in [0.3, 0.4) is 0 Å². The smallest absolute Gasteiger partial charge is 0.326 e. The highest BCUT2D eigenvalue weighted by atomic mass is 16.5. The molecule has 2 fully saturated rings. The van der Waals surface area contributed by atoms with Gasteiger partial charge in [-0.25, -0.2) is 4.79 Å². The lowest BCUT2D eigenvalue weighted by Gasteiger charge is -2.32. The zero-order chi connectivity index (χ0) is 18.7. The molecule has 0 unspecified atom stereocenters. The standard InChI is InChI=1S/C19H22N2O5/c1-25-17-8-12(10-20)6-7-16(17)26-11-18(22)21-14-5-3-2-4-13(14)9-15(21)19(23)24/h6-8,13-15H,2-5,9,11H2,1H3,(H,23,24)/t13-,14+,15+/m1/s1. The molecule has 1 saturated carbocycles. The fourth-order valence-electron chi connectivity index (χ4n) is 4.11. The van der Waals surface area contributed by atoms with Gasteiger partial charge in [-0.1, -0.05) is 12.8 Å². The summed E-state index contributed by atoms with van der Waals surface area (Å²) in [5, 5.41) is 18.5. The molecule has 7 nitrogen and oxygen atoms in total. The number of nitriles is 1. The van der Waals surface area contributed by atoms with Gasteiger partial charge in [-0.2, -0.15) is 5.26 Å². The van der Waals surface area contributed by atoms with Gasteiger partial charge in [-0.05, 0) is 37.3 Å². The van der Waals surface area contributed by atoms with E-state index in [4.69, 9.17) is 14.7 Å². The second kappa shape index (κ2) is 7.65. The van der Waals surface area contributed by atoms with E-state index in [1.165, 1.54) is 18.1 Å². The second-order valence-electron chi connectivity index (χ2n) is 6.77. The molecule has 1 aliphatic carbocycles. The van der Waals surface area contributed by atoms with Gasteiger partial charge in [0.2, 0.25) is 0 Å². The molecule has 0 aromatic heterocycles. The largest absolute Gasteiger partial charge is 0.493 e. The quantitative estimate of drug-likeness (QED) is 0.866. The van der Waals surface area contributed by atoms with Gasteiger partial charge in [0.25, 0.3) is 5.91 Å². The van der Waals surface area contributed by atoms with Crippen molar-refractivity contribution in [1.82, 2.24) is 4.90 Å². The van der Waals surface area contributed by atoms with Gasteiger partial charge in [0.1, 0.15) is 6.04 Å². The van der Waals surface area contributed by atoms with Crippen molar-refractivity contribution in [2.45, 2.75) is 44.2 Å². The van der Waals surface area contributed by atoms with Crippen LogP contribution in [0.15, 0.2) is 18.2 Å². The van der Waals surface area contributed by atoms with Crippen molar-refractivity contribution in [2.24, 2.45) is 5.92 Å². The van der Waals surface area contributed by atoms with E-state index in [1.807, 2.05) is 6.07 Å². The van der Waals surface area contributed by atoms with Crippen molar-refractivity contribution in [3.8, 4) is 17.6 Å². The number of carbonyl (C=O) groups is 2. The molecule has 2 aliphatic rings. The molecule has 1 aromatic rings. The maximum Gasteiger partial charge on any atom is 0.326 e. The number of carbonyl (C=O) groups excluding carboxylic acids is 1. The molecule has 1 heterocycles. The van der Waals surface area contributed by atoms with Crippen LogP contribution in [0, 0.1) is 17.2 Å². The highest BCUT2D eigenvalue weighted by molar-refractivity contribution is 5.85.